The quantitative estimate of drug-likeness (QED) is 0.826. The van der Waals surface area contributed by atoms with Crippen LogP contribution in [0.25, 0.3) is 0 Å². The van der Waals surface area contributed by atoms with Gasteiger partial charge >= 0.3 is 0 Å². The Bertz CT molecular complexity index is 368. The fourth-order valence-corrected chi connectivity index (χ4v) is 1.22. The van der Waals surface area contributed by atoms with Crippen molar-refractivity contribution in [1.29, 1.82) is 0 Å². The molecule has 3 nitrogen and oxygen atoms in total. The molecule has 0 aliphatic carbocycles. The molecule has 15 heavy (non-hydrogen) atoms. The summed E-state index contributed by atoms with van der Waals surface area (Å²) in [4.78, 5) is 11.1. The molecule has 0 bridgehead atoms. The van der Waals surface area contributed by atoms with Gasteiger partial charge in [-0.1, -0.05) is 11.6 Å². The molecule has 1 aromatic carbocycles. The first-order valence-electron chi connectivity index (χ1n) is 4.48. The Morgan fingerprint density at radius 3 is 2.93 bits per heavy atom. The molecule has 0 fully saturated rings. The van der Waals surface area contributed by atoms with Gasteiger partial charge < -0.3 is 11.1 Å². The van der Waals surface area contributed by atoms with Gasteiger partial charge in [0.1, 0.15) is 5.82 Å². The molecule has 1 aromatic rings. The third-order valence-corrected chi connectivity index (χ3v) is 2.11. The number of hydrogen-bond donors (Lipinski definition) is 2. The van der Waals surface area contributed by atoms with E-state index in [4.69, 9.17) is 17.3 Å². The van der Waals surface area contributed by atoms with Crippen molar-refractivity contribution in [2.24, 2.45) is 5.73 Å². The largest absolute Gasteiger partial charge is 0.351 e. The number of amides is 1. The molecule has 1 rings (SSSR count). The second kappa shape index (κ2) is 5.09. The van der Waals surface area contributed by atoms with Gasteiger partial charge in [-0.15, -0.1) is 0 Å². The molecular weight excluding hydrogens is 219 g/mol. The van der Waals surface area contributed by atoms with Gasteiger partial charge in [0.15, 0.2) is 0 Å². The molecule has 0 saturated heterocycles. The molecule has 0 radical (unpaired) electrons. The van der Waals surface area contributed by atoms with Gasteiger partial charge in [0, 0.05) is 17.1 Å². The third kappa shape index (κ3) is 3.49. The van der Waals surface area contributed by atoms with Crippen molar-refractivity contribution >= 4 is 17.5 Å². The molecule has 0 spiro atoms. The van der Waals surface area contributed by atoms with Crippen LogP contribution in [0.5, 0.6) is 0 Å². The van der Waals surface area contributed by atoms with Crippen molar-refractivity contribution in [3.63, 3.8) is 0 Å². The second-order valence-electron chi connectivity index (χ2n) is 3.24. The number of benzene rings is 1. The van der Waals surface area contributed by atoms with Crippen LogP contribution in [0, 0.1) is 5.82 Å². The van der Waals surface area contributed by atoms with E-state index in [0.29, 0.717) is 10.6 Å². The van der Waals surface area contributed by atoms with E-state index in [0.717, 1.165) is 0 Å². The molecule has 0 aliphatic rings. The molecule has 5 heteroatoms. The molecule has 0 saturated carbocycles. The molecule has 1 amide bonds. The Hall–Kier alpha value is -1.13. The maximum atomic E-state index is 13.2. The highest BCUT2D eigenvalue weighted by molar-refractivity contribution is 6.30. The van der Waals surface area contributed by atoms with Crippen LogP contribution < -0.4 is 11.1 Å². The van der Waals surface area contributed by atoms with Gasteiger partial charge in [-0.3, -0.25) is 4.79 Å². The first-order valence-corrected chi connectivity index (χ1v) is 4.85. The summed E-state index contributed by atoms with van der Waals surface area (Å²) in [5.41, 5.74) is 5.68. The average Bonchev–Trinajstić information content (AvgIpc) is 2.18. The monoisotopic (exact) mass is 230 g/mol. The van der Waals surface area contributed by atoms with Gasteiger partial charge in [-0.05, 0) is 25.1 Å². The van der Waals surface area contributed by atoms with Gasteiger partial charge in [-0.25, -0.2) is 4.39 Å². The van der Waals surface area contributed by atoms with E-state index in [1.807, 2.05) is 0 Å². The van der Waals surface area contributed by atoms with Gasteiger partial charge in [0.25, 0.3) is 0 Å². The van der Waals surface area contributed by atoms with Crippen LogP contribution in [-0.4, -0.2) is 11.9 Å². The standard InChI is InChI=1S/C10H12ClFN2O/c1-6(13)10(15)14-5-7-4-8(11)2-3-9(7)12/h2-4,6H,5,13H2,1H3,(H,14,15). The van der Waals surface area contributed by atoms with Crippen molar-refractivity contribution in [2.45, 2.75) is 19.5 Å². The molecule has 3 N–H and O–H groups in total. The van der Waals surface area contributed by atoms with E-state index >= 15 is 0 Å². The number of carbonyl (C=O) groups excluding carboxylic acids is 1. The zero-order valence-electron chi connectivity index (χ0n) is 8.26. The van der Waals surface area contributed by atoms with Crippen LogP contribution in [0.4, 0.5) is 4.39 Å². The fourth-order valence-electron chi connectivity index (χ4n) is 1.02. The van der Waals surface area contributed by atoms with Crippen LogP contribution in [-0.2, 0) is 11.3 Å². The lowest BCUT2D eigenvalue weighted by Crippen LogP contribution is -2.37. The summed E-state index contributed by atoms with van der Waals surface area (Å²) in [7, 11) is 0. The van der Waals surface area contributed by atoms with E-state index in [1.54, 1.807) is 6.92 Å². The number of rotatable bonds is 3. The Balaban J connectivity index is 2.65. The average molecular weight is 231 g/mol. The number of nitrogens with one attached hydrogen (secondary N) is 1. The highest BCUT2D eigenvalue weighted by Gasteiger charge is 2.08. The summed E-state index contributed by atoms with van der Waals surface area (Å²) in [6.45, 7) is 1.65. The van der Waals surface area contributed by atoms with Crippen molar-refractivity contribution in [3.8, 4) is 0 Å². The summed E-state index contributed by atoms with van der Waals surface area (Å²) in [6.07, 6.45) is 0. The number of carbonyl (C=O) groups is 1. The Labute approximate surface area is 92.4 Å². The Morgan fingerprint density at radius 2 is 2.33 bits per heavy atom. The van der Waals surface area contributed by atoms with E-state index < -0.39 is 11.9 Å². The summed E-state index contributed by atoms with van der Waals surface area (Å²) in [5, 5.41) is 2.94. The van der Waals surface area contributed by atoms with Gasteiger partial charge in [0.2, 0.25) is 5.91 Å². The number of hydrogen-bond acceptors (Lipinski definition) is 2. The molecule has 0 aliphatic heterocycles. The first kappa shape index (κ1) is 11.9. The second-order valence-corrected chi connectivity index (χ2v) is 3.68. The predicted molar refractivity (Wildman–Crippen MR) is 56.9 cm³/mol. The summed E-state index contributed by atoms with van der Waals surface area (Å²) >= 11 is 5.69. The van der Waals surface area contributed by atoms with Crippen LogP contribution in [0.3, 0.4) is 0 Å². The highest BCUT2D eigenvalue weighted by atomic mass is 35.5. The Morgan fingerprint density at radius 1 is 1.67 bits per heavy atom. The maximum Gasteiger partial charge on any atom is 0.236 e. The molecule has 1 atom stereocenters. The Kier molecular flexibility index (Phi) is 4.05. The van der Waals surface area contributed by atoms with E-state index in [1.165, 1.54) is 18.2 Å². The lowest BCUT2D eigenvalue weighted by Gasteiger charge is -2.08. The SMILES string of the molecule is CC(N)C(=O)NCc1cc(Cl)ccc1F. The summed E-state index contributed by atoms with van der Waals surface area (Å²) in [5.74, 6) is -0.723. The van der Waals surface area contributed by atoms with Crippen LogP contribution in [0.15, 0.2) is 18.2 Å². The minimum atomic E-state index is -0.604. The van der Waals surface area contributed by atoms with Crippen molar-refractivity contribution in [3.05, 3.63) is 34.6 Å². The van der Waals surface area contributed by atoms with Crippen LogP contribution in [0.1, 0.15) is 12.5 Å². The fraction of sp³-hybridized carbons (Fsp3) is 0.300. The minimum Gasteiger partial charge on any atom is -0.351 e. The van der Waals surface area contributed by atoms with Crippen LogP contribution in [0.2, 0.25) is 5.02 Å². The normalized spacial score (nSPS) is 12.3. The van der Waals surface area contributed by atoms with Gasteiger partial charge in [0.05, 0.1) is 6.04 Å². The maximum absolute atomic E-state index is 13.2. The van der Waals surface area contributed by atoms with Crippen molar-refractivity contribution < 1.29 is 9.18 Å². The summed E-state index contributed by atoms with van der Waals surface area (Å²) < 4.78 is 13.2. The van der Waals surface area contributed by atoms with E-state index in [2.05, 4.69) is 5.32 Å². The number of halogens is 2. The zero-order valence-corrected chi connectivity index (χ0v) is 9.01. The minimum absolute atomic E-state index is 0.0900. The predicted octanol–water partition coefficient (Wildman–Crippen LogP) is 1.44. The third-order valence-electron chi connectivity index (χ3n) is 1.87. The molecule has 0 heterocycles. The van der Waals surface area contributed by atoms with Crippen LogP contribution >= 0.6 is 11.6 Å². The number of nitrogens with two attached hydrogens (primary N) is 1. The zero-order chi connectivity index (χ0) is 11.4. The highest BCUT2D eigenvalue weighted by Crippen LogP contribution is 2.14. The van der Waals surface area contributed by atoms with Crippen molar-refractivity contribution in [1.82, 2.24) is 5.32 Å². The molecule has 82 valence electrons. The van der Waals surface area contributed by atoms with E-state index in [9.17, 15) is 9.18 Å². The molecule has 1 unspecified atom stereocenters. The topological polar surface area (TPSA) is 55.1 Å². The van der Waals surface area contributed by atoms with E-state index in [-0.39, 0.29) is 12.5 Å². The molecule has 0 aromatic heterocycles. The lowest BCUT2D eigenvalue weighted by atomic mass is 10.2. The lowest BCUT2D eigenvalue weighted by molar-refractivity contribution is -0.122. The summed E-state index contributed by atoms with van der Waals surface area (Å²) in [6, 6.07) is 3.58. The smallest absolute Gasteiger partial charge is 0.236 e. The molecular formula is C10H12ClFN2O. The first-order chi connectivity index (χ1) is 7.00. The van der Waals surface area contributed by atoms with Crippen molar-refractivity contribution in [2.75, 3.05) is 0 Å². The van der Waals surface area contributed by atoms with Gasteiger partial charge in [-0.2, -0.15) is 0 Å².